The summed E-state index contributed by atoms with van der Waals surface area (Å²) in [4.78, 5) is 10.4. The van der Waals surface area contributed by atoms with E-state index in [-0.39, 0.29) is 0 Å². The van der Waals surface area contributed by atoms with Crippen molar-refractivity contribution in [2.45, 2.75) is 19.8 Å². The molecular weight excluding hydrogens is 226 g/mol. The van der Waals surface area contributed by atoms with Crippen molar-refractivity contribution in [3.8, 4) is 0 Å². The first-order valence-corrected chi connectivity index (χ1v) is 5.86. The molecule has 1 aliphatic rings. The van der Waals surface area contributed by atoms with Crippen molar-refractivity contribution in [3.63, 3.8) is 0 Å². The minimum atomic E-state index is 0.402. The largest absolute Gasteiger partial charge is 0.355 e. The van der Waals surface area contributed by atoms with Gasteiger partial charge in [0.15, 0.2) is 5.82 Å². The van der Waals surface area contributed by atoms with Crippen molar-refractivity contribution in [1.29, 1.82) is 0 Å². The summed E-state index contributed by atoms with van der Waals surface area (Å²) in [5.74, 6) is 7.20. The Labute approximate surface area is 100.0 Å². The third-order valence-electron chi connectivity index (χ3n) is 3.02. The number of nitrogens with one attached hydrogen (secondary N) is 1. The van der Waals surface area contributed by atoms with Gasteiger partial charge in [0.1, 0.15) is 5.02 Å². The molecular formula is C10H16ClN5. The summed E-state index contributed by atoms with van der Waals surface area (Å²) in [5.41, 5.74) is 2.44. The molecule has 1 aromatic heterocycles. The minimum Gasteiger partial charge on any atom is -0.355 e. The molecule has 0 bridgehead atoms. The smallest absolute Gasteiger partial charge is 0.239 e. The van der Waals surface area contributed by atoms with Gasteiger partial charge in [-0.25, -0.2) is 10.8 Å². The fraction of sp³-hybridized carbons (Fsp3) is 0.600. The van der Waals surface area contributed by atoms with Gasteiger partial charge in [-0.15, -0.1) is 0 Å². The van der Waals surface area contributed by atoms with Gasteiger partial charge in [-0.05, 0) is 12.3 Å². The molecule has 1 aromatic rings. The molecule has 16 heavy (non-hydrogen) atoms. The molecule has 0 radical (unpaired) electrons. The molecule has 1 unspecified atom stereocenters. The molecule has 5 nitrogen and oxygen atoms in total. The first kappa shape index (κ1) is 11.4. The Morgan fingerprint density at radius 2 is 2.50 bits per heavy atom. The van der Waals surface area contributed by atoms with Crippen LogP contribution in [0, 0.1) is 5.92 Å². The van der Waals surface area contributed by atoms with Gasteiger partial charge in [0.05, 0.1) is 6.20 Å². The van der Waals surface area contributed by atoms with Crippen LogP contribution in [0.2, 0.25) is 5.02 Å². The molecule has 1 saturated heterocycles. The van der Waals surface area contributed by atoms with E-state index in [9.17, 15) is 0 Å². The van der Waals surface area contributed by atoms with Gasteiger partial charge < -0.3 is 4.90 Å². The average Bonchev–Trinajstić information content (AvgIpc) is 2.78. The van der Waals surface area contributed by atoms with Crippen LogP contribution >= 0.6 is 11.6 Å². The Morgan fingerprint density at radius 3 is 3.12 bits per heavy atom. The highest BCUT2D eigenvalue weighted by Gasteiger charge is 2.24. The maximum Gasteiger partial charge on any atom is 0.239 e. The zero-order valence-corrected chi connectivity index (χ0v) is 10.0. The fourth-order valence-electron chi connectivity index (χ4n) is 2.01. The number of hydrogen-bond acceptors (Lipinski definition) is 5. The monoisotopic (exact) mass is 241 g/mol. The van der Waals surface area contributed by atoms with Crippen molar-refractivity contribution in [2.24, 2.45) is 11.8 Å². The van der Waals surface area contributed by atoms with E-state index in [1.165, 1.54) is 12.8 Å². The molecule has 1 atom stereocenters. The van der Waals surface area contributed by atoms with Gasteiger partial charge in [0.2, 0.25) is 5.95 Å². The van der Waals surface area contributed by atoms with Crippen LogP contribution in [0.5, 0.6) is 0 Å². The Morgan fingerprint density at radius 1 is 1.69 bits per heavy atom. The molecule has 0 saturated carbocycles. The lowest BCUT2D eigenvalue weighted by Crippen LogP contribution is -2.22. The van der Waals surface area contributed by atoms with E-state index in [0.29, 0.717) is 11.0 Å². The molecule has 0 aromatic carbocycles. The molecule has 1 aliphatic heterocycles. The highest BCUT2D eigenvalue weighted by Crippen LogP contribution is 2.29. The molecule has 6 heteroatoms. The number of aromatic nitrogens is 2. The molecule has 0 amide bonds. The second-order valence-electron chi connectivity index (χ2n) is 4.02. The van der Waals surface area contributed by atoms with Crippen LogP contribution in [0.3, 0.4) is 0 Å². The van der Waals surface area contributed by atoms with Crippen molar-refractivity contribution in [2.75, 3.05) is 23.4 Å². The van der Waals surface area contributed by atoms with Gasteiger partial charge in [0, 0.05) is 13.1 Å². The van der Waals surface area contributed by atoms with Crippen molar-refractivity contribution < 1.29 is 0 Å². The quantitative estimate of drug-likeness (QED) is 0.622. The van der Waals surface area contributed by atoms with E-state index < -0.39 is 0 Å². The van der Waals surface area contributed by atoms with Gasteiger partial charge in [0.25, 0.3) is 0 Å². The van der Waals surface area contributed by atoms with E-state index in [0.717, 1.165) is 24.8 Å². The second kappa shape index (κ2) is 4.84. The molecule has 0 aliphatic carbocycles. The van der Waals surface area contributed by atoms with Crippen molar-refractivity contribution in [1.82, 2.24) is 9.97 Å². The van der Waals surface area contributed by atoms with Crippen LogP contribution < -0.4 is 16.2 Å². The van der Waals surface area contributed by atoms with Crippen LogP contribution in [-0.2, 0) is 0 Å². The van der Waals surface area contributed by atoms with E-state index in [1.807, 2.05) is 0 Å². The lowest BCUT2D eigenvalue weighted by Gasteiger charge is -2.18. The Kier molecular flexibility index (Phi) is 3.46. The zero-order valence-electron chi connectivity index (χ0n) is 9.28. The zero-order chi connectivity index (χ0) is 11.5. The summed E-state index contributed by atoms with van der Waals surface area (Å²) in [6.07, 6.45) is 3.97. The van der Waals surface area contributed by atoms with Crippen molar-refractivity contribution >= 4 is 23.4 Å². The summed E-state index contributed by atoms with van der Waals surface area (Å²) < 4.78 is 0. The van der Waals surface area contributed by atoms with Gasteiger partial charge in [-0.2, -0.15) is 4.98 Å². The minimum absolute atomic E-state index is 0.402. The van der Waals surface area contributed by atoms with Gasteiger partial charge >= 0.3 is 0 Å². The van der Waals surface area contributed by atoms with Crippen LogP contribution in [0.1, 0.15) is 19.8 Å². The highest BCUT2D eigenvalue weighted by molar-refractivity contribution is 6.32. The van der Waals surface area contributed by atoms with Gasteiger partial charge in [-0.3, -0.25) is 5.43 Å². The fourth-order valence-corrected chi connectivity index (χ4v) is 2.22. The lowest BCUT2D eigenvalue weighted by molar-refractivity contribution is 0.568. The van der Waals surface area contributed by atoms with Gasteiger partial charge in [-0.1, -0.05) is 24.9 Å². The Bertz CT molecular complexity index is 370. The summed E-state index contributed by atoms with van der Waals surface area (Å²) in [6.45, 7) is 4.22. The SMILES string of the molecule is CCC1CCN(c2nc(NN)ncc2Cl)C1. The van der Waals surface area contributed by atoms with E-state index in [1.54, 1.807) is 6.20 Å². The number of hydrazine groups is 1. The molecule has 0 spiro atoms. The molecule has 88 valence electrons. The Balaban J connectivity index is 2.20. The predicted octanol–water partition coefficient (Wildman–Crippen LogP) is 1.65. The standard InChI is InChI=1S/C10H16ClN5/c1-2-7-3-4-16(6-7)9-8(11)5-13-10(14-9)15-12/h5,7H,2-4,6,12H2,1H3,(H,13,14,15). The Hall–Kier alpha value is -1.07. The summed E-state index contributed by atoms with van der Waals surface area (Å²) in [5, 5.41) is 0.579. The van der Waals surface area contributed by atoms with Crippen LogP contribution in [0.4, 0.5) is 11.8 Å². The number of nitrogens with two attached hydrogens (primary N) is 1. The van der Waals surface area contributed by atoms with Crippen LogP contribution in [0.15, 0.2) is 6.20 Å². The number of anilines is 2. The maximum atomic E-state index is 6.09. The lowest BCUT2D eigenvalue weighted by atomic mass is 10.1. The molecule has 1 fully saturated rings. The third kappa shape index (κ3) is 2.20. The summed E-state index contributed by atoms with van der Waals surface area (Å²) >= 11 is 6.09. The first-order chi connectivity index (χ1) is 7.74. The number of nitrogens with zero attached hydrogens (tertiary/aromatic N) is 3. The number of nitrogen functional groups attached to an aromatic ring is 1. The number of rotatable bonds is 3. The molecule has 2 rings (SSSR count). The number of hydrogen-bond donors (Lipinski definition) is 2. The number of halogens is 1. The summed E-state index contributed by atoms with van der Waals surface area (Å²) in [6, 6.07) is 0. The predicted molar refractivity (Wildman–Crippen MR) is 65.5 cm³/mol. The maximum absolute atomic E-state index is 6.09. The normalized spacial score (nSPS) is 20.2. The van der Waals surface area contributed by atoms with Crippen LogP contribution in [-0.4, -0.2) is 23.1 Å². The first-order valence-electron chi connectivity index (χ1n) is 5.48. The molecule has 3 N–H and O–H groups in total. The summed E-state index contributed by atoms with van der Waals surface area (Å²) in [7, 11) is 0. The topological polar surface area (TPSA) is 67.1 Å². The van der Waals surface area contributed by atoms with E-state index in [4.69, 9.17) is 17.4 Å². The van der Waals surface area contributed by atoms with E-state index in [2.05, 4.69) is 27.2 Å². The highest BCUT2D eigenvalue weighted by atomic mass is 35.5. The van der Waals surface area contributed by atoms with Crippen molar-refractivity contribution in [3.05, 3.63) is 11.2 Å². The average molecular weight is 242 g/mol. The molecule has 2 heterocycles. The second-order valence-corrected chi connectivity index (χ2v) is 4.43. The third-order valence-corrected chi connectivity index (χ3v) is 3.28. The van der Waals surface area contributed by atoms with Crippen LogP contribution in [0.25, 0.3) is 0 Å². The van der Waals surface area contributed by atoms with E-state index >= 15 is 0 Å².